The Hall–Kier alpha value is -0.900. The number of benzene rings is 1. The van der Waals surface area contributed by atoms with E-state index in [2.05, 4.69) is 32.0 Å². The van der Waals surface area contributed by atoms with E-state index in [1.165, 1.54) is 16.7 Å². The average molecular weight is 249 g/mol. The van der Waals surface area contributed by atoms with Crippen molar-refractivity contribution >= 4 is 0 Å². The molecule has 0 spiro atoms. The van der Waals surface area contributed by atoms with E-state index in [1.54, 1.807) is 0 Å². The molecule has 1 aromatic carbocycles. The average Bonchev–Trinajstić information content (AvgIpc) is 2.41. The summed E-state index contributed by atoms with van der Waals surface area (Å²) >= 11 is 0. The van der Waals surface area contributed by atoms with Crippen LogP contribution in [0.5, 0.6) is 0 Å². The molecular formula is C15H23NO2. The quantitative estimate of drug-likeness (QED) is 0.890. The maximum atomic E-state index is 6.10. The molecule has 3 nitrogen and oxygen atoms in total. The third-order valence-electron chi connectivity index (χ3n) is 3.89. The van der Waals surface area contributed by atoms with Gasteiger partial charge in [-0.1, -0.05) is 18.2 Å². The minimum atomic E-state index is -0.183. The topological polar surface area (TPSA) is 44.5 Å². The van der Waals surface area contributed by atoms with Gasteiger partial charge in [0.15, 0.2) is 0 Å². The van der Waals surface area contributed by atoms with E-state index < -0.39 is 0 Å². The second-order valence-electron chi connectivity index (χ2n) is 5.21. The zero-order valence-electron chi connectivity index (χ0n) is 11.4. The fraction of sp³-hybridized carbons (Fsp3) is 0.600. The van der Waals surface area contributed by atoms with Crippen LogP contribution in [0.2, 0.25) is 0 Å². The van der Waals surface area contributed by atoms with Crippen LogP contribution in [0.15, 0.2) is 18.2 Å². The highest BCUT2D eigenvalue weighted by molar-refractivity contribution is 5.29. The minimum absolute atomic E-state index is 0.183. The number of rotatable bonds is 4. The molecule has 0 atom stereocenters. The Kier molecular flexibility index (Phi) is 4.38. The van der Waals surface area contributed by atoms with Gasteiger partial charge in [0.1, 0.15) is 0 Å². The van der Waals surface area contributed by atoms with Crippen LogP contribution in [0.4, 0.5) is 0 Å². The first-order valence-electron chi connectivity index (χ1n) is 6.63. The van der Waals surface area contributed by atoms with Gasteiger partial charge in [-0.2, -0.15) is 0 Å². The lowest BCUT2D eigenvalue weighted by molar-refractivity contribution is -0.112. The van der Waals surface area contributed by atoms with E-state index in [1.807, 2.05) is 0 Å². The molecule has 1 saturated heterocycles. The molecule has 0 aromatic heterocycles. The lowest BCUT2D eigenvalue weighted by Gasteiger charge is -2.36. The summed E-state index contributed by atoms with van der Waals surface area (Å²) in [5.74, 6) is 0. The van der Waals surface area contributed by atoms with Crippen LogP contribution < -0.4 is 5.73 Å². The molecule has 0 amide bonds. The highest BCUT2D eigenvalue weighted by atomic mass is 16.5. The number of ether oxygens (including phenoxy) is 2. The molecule has 0 unspecified atom stereocenters. The molecule has 2 N–H and O–H groups in total. The van der Waals surface area contributed by atoms with Crippen molar-refractivity contribution in [3.8, 4) is 0 Å². The summed E-state index contributed by atoms with van der Waals surface area (Å²) in [7, 11) is 0. The molecule has 1 heterocycles. The molecule has 1 fully saturated rings. The monoisotopic (exact) mass is 249 g/mol. The van der Waals surface area contributed by atoms with Gasteiger partial charge in [-0.15, -0.1) is 0 Å². The third-order valence-corrected chi connectivity index (χ3v) is 3.89. The maximum absolute atomic E-state index is 6.10. The van der Waals surface area contributed by atoms with Gasteiger partial charge in [0.05, 0.1) is 12.2 Å². The fourth-order valence-electron chi connectivity index (χ4n) is 2.28. The zero-order chi connectivity index (χ0) is 13.0. The Balaban J connectivity index is 1.98. The SMILES string of the molecule is Cc1ccc(COC2(CN)CCOCC2)cc1C. The molecule has 0 aliphatic carbocycles. The summed E-state index contributed by atoms with van der Waals surface area (Å²) in [5.41, 5.74) is 9.54. The predicted octanol–water partition coefficient (Wildman–Crippen LogP) is 2.33. The zero-order valence-corrected chi connectivity index (χ0v) is 11.4. The number of nitrogens with two attached hydrogens (primary N) is 1. The first-order valence-corrected chi connectivity index (χ1v) is 6.63. The van der Waals surface area contributed by atoms with Crippen molar-refractivity contribution < 1.29 is 9.47 Å². The Morgan fingerprint density at radius 2 is 1.94 bits per heavy atom. The summed E-state index contributed by atoms with van der Waals surface area (Å²) in [6.07, 6.45) is 1.79. The number of hydrogen-bond donors (Lipinski definition) is 1. The van der Waals surface area contributed by atoms with Crippen LogP contribution in [-0.2, 0) is 16.1 Å². The second-order valence-corrected chi connectivity index (χ2v) is 5.21. The molecular weight excluding hydrogens is 226 g/mol. The van der Waals surface area contributed by atoms with E-state index in [4.69, 9.17) is 15.2 Å². The summed E-state index contributed by atoms with van der Waals surface area (Å²) in [5, 5.41) is 0. The van der Waals surface area contributed by atoms with Gasteiger partial charge < -0.3 is 15.2 Å². The fourth-order valence-corrected chi connectivity index (χ4v) is 2.28. The number of hydrogen-bond acceptors (Lipinski definition) is 3. The minimum Gasteiger partial charge on any atom is -0.381 e. The molecule has 18 heavy (non-hydrogen) atoms. The molecule has 2 rings (SSSR count). The van der Waals surface area contributed by atoms with Crippen molar-refractivity contribution in [3.05, 3.63) is 34.9 Å². The Morgan fingerprint density at radius 1 is 1.22 bits per heavy atom. The number of aryl methyl sites for hydroxylation is 2. The van der Waals surface area contributed by atoms with E-state index in [-0.39, 0.29) is 5.60 Å². The van der Waals surface area contributed by atoms with E-state index in [0.717, 1.165) is 26.1 Å². The van der Waals surface area contributed by atoms with Crippen molar-refractivity contribution in [2.24, 2.45) is 5.73 Å². The van der Waals surface area contributed by atoms with Crippen LogP contribution in [-0.4, -0.2) is 25.4 Å². The van der Waals surface area contributed by atoms with Crippen molar-refractivity contribution in [3.63, 3.8) is 0 Å². The smallest absolute Gasteiger partial charge is 0.0852 e. The van der Waals surface area contributed by atoms with Crippen LogP contribution in [0.3, 0.4) is 0 Å². The summed E-state index contributed by atoms with van der Waals surface area (Å²) in [4.78, 5) is 0. The third kappa shape index (κ3) is 3.10. The van der Waals surface area contributed by atoms with Gasteiger partial charge in [0.25, 0.3) is 0 Å². The molecule has 1 aliphatic heterocycles. The van der Waals surface area contributed by atoms with Crippen LogP contribution in [0.25, 0.3) is 0 Å². The molecule has 0 saturated carbocycles. The van der Waals surface area contributed by atoms with Crippen LogP contribution >= 0.6 is 0 Å². The van der Waals surface area contributed by atoms with Crippen molar-refractivity contribution in [1.82, 2.24) is 0 Å². The van der Waals surface area contributed by atoms with Crippen molar-refractivity contribution in [2.45, 2.75) is 38.9 Å². The largest absolute Gasteiger partial charge is 0.381 e. The maximum Gasteiger partial charge on any atom is 0.0852 e. The van der Waals surface area contributed by atoms with E-state index >= 15 is 0 Å². The van der Waals surface area contributed by atoms with Gasteiger partial charge in [0, 0.05) is 32.6 Å². The van der Waals surface area contributed by atoms with Crippen molar-refractivity contribution in [2.75, 3.05) is 19.8 Å². The molecule has 100 valence electrons. The molecule has 1 aliphatic rings. The highest BCUT2D eigenvalue weighted by Gasteiger charge is 2.32. The summed E-state index contributed by atoms with van der Waals surface area (Å²) in [6, 6.07) is 6.47. The lowest BCUT2D eigenvalue weighted by Crippen LogP contribution is -2.45. The van der Waals surface area contributed by atoms with Crippen LogP contribution in [0, 0.1) is 13.8 Å². The second kappa shape index (κ2) is 5.83. The van der Waals surface area contributed by atoms with Gasteiger partial charge in [-0.25, -0.2) is 0 Å². The van der Waals surface area contributed by atoms with Gasteiger partial charge in [-0.05, 0) is 30.5 Å². The summed E-state index contributed by atoms with van der Waals surface area (Å²) < 4.78 is 11.5. The van der Waals surface area contributed by atoms with Gasteiger partial charge >= 0.3 is 0 Å². The Bertz CT molecular complexity index is 397. The van der Waals surface area contributed by atoms with E-state index in [9.17, 15) is 0 Å². The lowest BCUT2D eigenvalue weighted by atomic mass is 9.94. The Morgan fingerprint density at radius 3 is 2.56 bits per heavy atom. The Labute approximate surface area is 109 Å². The molecule has 0 radical (unpaired) electrons. The molecule has 1 aromatic rings. The highest BCUT2D eigenvalue weighted by Crippen LogP contribution is 2.25. The summed E-state index contributed by atoms with van der Waals surface area (Å²) in [6.45, 7) is 6.97. The molecule has 0 bridgehead atoms. The first kappa shape index (κ1) is 13.5. The molecule has 3 heteroatoms. The standard InChI is InChI=1S/C15H23NO2/c1-12-3-4-14(9-13(12)2)10-18-15(11-16)5-7-17-8-6-15/h3-4,9H,5-8,10-11,16H2,1-2H3. The predicted molar refractivity (Wildman–Crippen MR) is 72.5 cm³/mol. The first-order chi connectivity index (χ1) is 8.65. The van der Waals surface area contributed by atoms with Crippen LogP contribution in [0.1, 0.15) is 29.5 Å². The van der Waals surface area contributed by atoms with Gasteiger partial charge in [-0.3, -0.25) is 0 Å². The van der Waals surface area contributed by atoms with E-state index in [0.29, 0.717) is 13.2 Å². The van der Waals surface area contributed by atoms with Crippen molar-refractivity contribution in [1.29, 1.82) is 0 Å². The normalized spacial score (nSPS) is 18.8. The van der Waals surface area contributed by atoms with Gasteiger partial charge in [0.2, 0.25) is 0 Å².